The largest absolute Gasteiger partial charge is 0.497 e. The molecule has 1 saturated heterocycles. The van der Waals surface area contributed by atoms with Crippen molar-refractivity contribution in [1.82, 2.24) is 4.90 Å². The molecule has 1 aliphatic rings. The molecule has 0 atom stereocenters. The second-order valence-corrected chi connectivity index (χ2v) is 7.84. The molecule has 1 heterocycles. The van der Waals surface area contributed by atoms with Crippen molar-refractivity contribution in [3.63, 3.8) is 0 Å². The number of ether oxygens (including phenoxy) is 2. The van der Waals surface area contributed by atoms with Gasteiger partial charge >= 0.3 is 0 Å². The zero-order valence-electron chi connectivity index (χ0n) is 16.4. The molecule has 1 aliphatic heterocycles. The number of rotatable bonds is 7. The predicted octanol–water partition coefficient (Wildman–Crippen LogP) is 3.53. The normalized spacial score (nSPS) is 15.6. The van der Waals surface area contributed by atoms with Crippen molar-refractivity contribution in [3.8, 4) is 11.5 Å². The van der Waals surface area contributed by atoms with Crippen molar-refractivity contribution in [2.24, 2.45) is 11.1 Å². The number of primary amides is 1. The summed E-state index contributed by atoms with van der Waals surface area (Å²) in [7, 11) is 1.59. The third-order valence-electron chi connectivity index (χ3n) is 5.36. The first-order valence-corrected chi connectivity index (χ1v) is 9.89. The van der Waals surface area contributed by atoms with E-state index in [1.54, 1.807) is 55.6 Å². The number of amides is 2. The van der Waals surface area contributed by atoms with Crippen molar-refractivity contribution in [3.05, 3.63) is 59.1 Å². The molecule has 0 radical (unpaired) electrons. The third kappa shape index (κ3) is 5.41. The highest BCUT2D eigenvalue weighted by Crippen LogP contribution is 2.36. The number of benzene rings is 2. The number of carbonyl (C=O) groups is 2. The average Bonchev–Trinajstić information content (AvgIpc) is 2.73. The fourth-order valence-corrected chi connectivity index (χ4v) is 3.74. The summed E-state index contributed by atoms with van der Waals surface area (Å²) in [4.78, 5) is 26.3. The van der Waals surface area contributed by atoms with Gasteiger partial charge in [0.15, 0.2) is 0 Å². The number of nitrogens with zero attached hydrogens (tertiary/aromatic N) is 1. The van der Waals surface area contributed by atoms with Crippen LogP contribution in [0.4, 0.5) is 0 Å². The van der Waals surface area contributed by atoms with Crippen molar-refractivity contribution in [2.75, 3.05) is 26.8 Å². The van der Waals surface area contributed by atoms with E-state index in [9.17, 15) is 9.59 Å². The molecule has 6 nitrogen and oxygen atoms in total. The van der Waals surface area contributed by atoms with Gasteiger partial charge in [0, 0.05) is 35.5 Å². The van der Waals surface area contributed by atoms with E-state index in [0.29, 0.717) is 54.6 Å². The lowest BCUT2D eigenvalue weighted by Crippen LogP contribution is -2.47. The van der Waals surface area contributed by atoms with Crippen LogP contribution in [-0.2, 0) is 4.79 Å². The predicted molar refractivity (Wildman–Crippen MR) is 111 cm³/mol. The molecule has 0 saturated carbocycles. The maximum Gasteiger partial charge on any atom is 0.253 e. The van der Waals surface area contributed by atoms with Crippen LogP contribution in [0.5, 0.6) is 11.5 Å². The summed E-state index contributed by atoms with van der Waals surface area (Å²) in [5, 5.41) is 0.634. The van der Waals surface area contributed by atoms with Gasteiger partial charge in [-0.2, -0.15) is 0 Å². The minimum absolute atomic E-state index is 0.0288. The molecular weight excluding hydrogens is 392 g/mol. The first-order valence-electron chi connectivity index (χ1n) is 9.51. The summed E-state index contributed by atoms with van der Waals surface area (Å²) >= 11 is 5.91. The summed E-state index contributed by atoms with van der Waals surface area (Å²) in [6, 6.07) is 14.2. The van der Waals surface area contributed by atoms with E-state index in [1.165, 1.54) is 0 Å². The first kappa shape index (κ1) is 21.0. The second kappa shape index (κ2) is 9.18. The molecule has 0 bridgehead atoms. The SMILES string of the molecule is COc1ccc(C(=O)N2CCC(COc3ccc(Cl)cc3)(CC(N)=O)CC2)cc1. The molecule has 7 heteroatoms. The maximum atomic E-state index is 12.8. The highest BCUT2D eigenvalue weighted by Gasteiger charge is 2.38. The van der Waals surface area contributed by atoms with E-state index in [2.05, 4.69) is 0 Å². The molecule has 29 heavy (non-hydrogen) atoms. The zero-order chi connectivity index (χ0) is 20.9. The Labute approximate surface area is 175 Å². The molecule has 0 aliphatic carbocycles. The summed E-state index contributed by atoms with van der Waals surface area (Å²) < 4.78 is 11.1. The van der Waals surface area contributed by atoms with Gasteiger partial charge in [-0.05, 0) is 61.4 Å². The summed E-state index contributed by atoms with van der Waals surface area (Å²) in [6.45, 7) is 1.45. The zero-order valence-corrected chi connectivity index (χ0v) is 17.2. The Balaban J connectivity index is 1.64. The minimum atomic E-state index is -0.387. The van der Waals surface area contributed by atoms with E-state index in [0.717, 1.165) is 0 Å². The summed E-state index contributed by atoms with van der Waals surface area (Å²) in [5.41, 5.74) is 5.74. The van der Waals surface area contributed by atoms with Crippen LogP contribution in [-0.4, -0.2) is 43.5 Å². The highest BCUT2D eigenvalue weighted by atomic mass is 35.5. The van der Waals surface area contributed by atoms with Crippen LogP contribution in [0.2, 0.25) is 5.02 Å². The molecule has 2 N–H and O–H groups in total. The second-order valence-electron chi connectivity index (χ2n) is 7.41. The number of hydrogen-bond acceptors (Lipinski definition) is 4. The van der Waals surface area contributed by atoms with E-state index < -0.39 is 0 Å². The Hall–Kier alpha value is -2.73. The molecule has 1 fully saturated rings. The number of likely N-dealkylation sites (tertiary alicyclic amines) is 1. The lowest BCUT2D eigenvalue weighted by molar-refractivity contribution is -0.121. The molecule has 3 rings (SSSR count). The van der Waals surface area contributed by atoms with Gasteiger partial charge in [-0.1, -0.05) is 11.6 Å². The minimum Gasteiger partial charge on any atom is -0.497 e. The molecule has 0 spiro atoms. The van der Waals surface area contributed by atoms with Gasteiger partial charge in [0.1, 0.15) is 11.5 Å². The lowest BCUT2D eigenvalue weighted by atomic mass is 9.76. The molecule has 2 aromatic carbocycles. The fraction of sp³-hybridized carbons (Fsp3) is 0.364. The van der Waals surface area contributed by atoms with E-state index in [1.807, 2.05) is 4.90 Å². The number of nitrogens with two attached hydrogens (primary N) is 1. The van der Waals surface area contributed by atoms with Crippen LogP contribution in [0.25, 0.3) is 0 Å². The number of hydrogen-bond donors (Lipinski definition) is 1. The van der Waals surface area contributed by atoms with Crippen LogP contribution in [0.15, 0.2) is 48.5 Å². The Morgan fingerprint density at radius 3 is 2.17 bits per heavy atom. The summed E-state index contributed by atoms with van der Waals surface area (Å²) in [5.74, 6) is 1.01. The Bertz CT molecular complexity index is 844. The topological polar surface area (TPSA) is 81.9 Å². The maximum absolute atomic E-state index is 12.8. The third-order valence-corrected chi connectivity index (χ3v) is 5.61. The first-order chi connectivity index (χ1) is 13.9. The number of piperidine rings is 1. The smallest absolute Gasteiger partial charge is 0.253 e. The molecular formula is C22H25ClN2O4. The molecule has 154 valence electrons. The van der Waals surface area contributed by atoms with Crippen LogP contribution in [0.1, 0.15) is 29.6 Å². The monoisotopic (exact) mass is 416 g/mol. The Morgan fingerprint density at radius 1 is 1.03 bits per heavy atom. The quantitative estimate of drug-likeness (QED) is 0.748. The number of carbonyl (C=O) groups excluding carboxylic acids is 2. The number of halogens is 1. The van der Waals surface area contributed by atoms with E-state index in [4.69, 9.17) is 26.8 Å². The Morgan fingerprint density at radius 2 is 1.62 bits per heavy atom. The van der Waals surface area contributed by atoms with Crippen LogP contribution < -0.4 is 15.2 Å². The Kier molecular flexibility index (Phi) is 6.64. The van der Waals surface area contributed by atoms with Gasteiger partial charge < -0.3 is 20.1 Å². The van der Waals surface area contributed by atoms with Gasteiger partial charge in [-0.3, -0.25) is 9.59 Å². The van der Waals surface area contributed by atoms with Crippen LogP contribution >= 0.6 is 11.6 Å². The molecule has 0 unspecified atom stereocenters. The van der Waals surface area contributed by atoms with Gasteiger partial charge in [0.05, 0.1) is 13.7 Å². The summed E-state index contributed by atoms with van der Waals surface area (Å²) in [6.07, 6.45) is 1.52. The fourth-order valence-electron chi connectivity index (χ4n) is 3.61. The van der Waals surface area contributed by atoms with Gasteiger partial charge in [-0.25, -0.2) is 0 Å². The van der Waals surface area contributed by atoms with Crippen LogP contribution in [0, 0.1) is 5.41 Å². The van der Waals surface area contributed by atoms with Crippen molar-refractivity contribution < 1.29 is 19.1 Å². The van der Waals surface area contributed by atoms with Gasteiger partial charge in [0.25, 0.3) is 5.91 Å². The van der Waals surface area contributed by atoms with Crippen LogP contribution in [0.3, 0.4) is 0 Å². The highest BCUT2D eigenvalue weighted by molar-refractivity contribution is 6.30. The van der Waals surface area contributed by atoms with Gasteiger partial charge in [0.2, 0.25) is 5.91 Å². The van der Waals surface area contributed by atoms with Crippen molar-refractivity contribution >= 4 is 23.4 Å². The van der Waals surface area contributed by atoms with Gasteiger partial charge in [-0.15, -0.1) is 0 Å². The van der Waals surface area contributed by atoms with E-state index >= 15 is 0 Å². The van der Waals surface area contributed by atoms with Crippen molar-refractivity contribution in [2.45, 2.75) is 19.3 Å². The van der Waals surface area contributed by atoms with Crippen molar-refractivity contribution in [1.29, 1.82) is 0 Å². The lowest BCUT2D eigenvalue weighted by Gasteiger charge is -2.41. The molecule has 2 aromatic rings. The molecule has 0 aromatic heterocycles. The molecule has 2 amide bonds. The van der Waals surface area contributed by atoms with E-state index in [-0.39, 0.29) is 23.7 Å². The number of methoxy groups -OCH3 is 1. The standard InChI is InChI=1S/C22H25ClN2O4/c1-28-18-6-2-16(3-7-18)21(27)25-12-10-22(11-13-25,14-20(24)26)15-29-19-8-4-17(23)5-9-19/h2-9H,10-15H2,1H3,(H2,24,26). The average molecular weight is 417 g/mol.